The molecular formula is C45H67NO8Si2. The van der Waals surface area contributed by atoms with Crippen molar-refractivity contribution in [1.29, 1.82) is 0 Å². The summed E-state index contributed by atoms with van der Waals surface area (Å²) >= 11 is 0. The first-order valence-electron chi connectivity index (χ1n) is 19.6. The van der Waals surface area contributed by atoms with Gasteiger partial charge in [-0.3, -0.25) is 4.79 Å². The molecule has 0 saturated carbocycles. The van der Waals surface area contributed by atoms with E-state index >= 15 is 0 Å². The number of hydrogen-bond donors (Lipinski definition) is 1. The Morgan fingerprint density at radius 1 is 0.679 bits per heavy atom. The molecule has 3 aromatic rings. The molecule has 0 radical (unpaired) electrons. The van der Waals surface area contributed by atoms with Crippen molar-refractivity contribution < 1.29 is 37.4 Å². The Morgan fingerprint density at radius 2 is 1.14 bits per heavy atom. The van der Waals surface area contributed by atoms with Crippen LogP contribution in [0.15, 0.2) is 103 Å². The first-order chi connectivity index (χ1) is 26.2. The monoisotopic (exact) mass is 805 g/mol. The molecule has 0 aromatic heterocycles. The van der Waals surface area contributed by atoms with Crippen molar-refractivity contribution in [2.45, 2.75) is 135 Å². The van der Waals surface area contributed by atoms with E-state index in [1.165, 1.54) is 14.0 Å². The van der Waals surface area contributed by atoms with Crippen LogP contribution in [-0.2, 0) is 57.2 Å². The first-order valence-corrected chi connectivity index (χ1v) is 25.4. The van der Waals surface area contributed by atoms with Gasteiger partial charge in [-0.05, 0) is 65.5 Å². The van der Waals surface area contributed by atoms with Crippen LogP contribution in [0, 0.1) is 0 Å². The van der Waals surface area contributed by atoms with Crippen LogP contribution in [0.1, 0.15) is 71.6 Å². The van der Waals surface area contributed by atoms with Gasteiger partial charge in [0.1, 0.15) is 12.2 Å². The van der Waals surface area contributed by atoms with Gasteiger partial charge in [0.2, 0.25) is 5.91 Å². The van der Waals surface area contributed by atoms with Crippen LogP contribution in [-0.4, -0.2) is 66.6 Å². The lowest BCUT2D eigenvalue weighted by molar-refractivity contribution is -0.156. The quantitative estimate of drug-likeness (QED) is 0.0492. The van der Waals surface area contributed by atoms with Gasteiger partial charge in [-0.2, -0.15) is 0 Å². The van der Waals surface area contributed by atoms with Gasteiger partial charge in [-0.1, -0.05) is 133 Å². The van der Waals surface area contributed by atoms with E-state index in [0.29, 0.717) is 13.2 Å². The smallest absolute Gasteiger partial charge is 0.371 e. The number of nitrogens with one attached hydrogen (secondary N) is 1. The van der Waals surface area contributed by atoms with Crippen molar-refractivity contribution in [1.82, 2.24) is 5.32 Å². The highest BCUT2D eigenvalue weighted by atomic mass is 28.4. The minimum Gasteiger partial charge on any atom is -0.539 e. The number of esters is 1. The third-order valence-electron chi connectivity index (χ3n) is 10.8. The van der Waals surface area contributed by atoms with Crippen molar-refractivity contribution in [3.8, 4) is 0 Å². The fourth-order valence-corrected chi connectivity index (χ4v) is 7.78. The van der Waals surface area contributed by atoms with Gasteiger partial charge in [0.25, 0.3) is 8.32 Å². The lowest BCUT2D eigenvalue weighted by atomic mass is 9.97. The predicted molar refractivity (Wildman–Crippen MR) is 229 cm³/mol. The summed E-state index contributed by atoms with van der Waals surface area (Å²) < 4.78 is 39.3. The summed E-state index contributed by atoms with van der Waals surface area (Å²) in [5, 5.41) is 2.82. The molecule has 0 aliphatic rings. The number of benzene rings is 3. The van der Waals surface area contributed by atoms with Crippen LogP contribution >= 0.6 is 0 Å². The van der Waals surface area contributed by atoms with Crippen LogP contribution < -0.4 is 5.32 Å². The zero-order chi connectivity index (χ0) is 41.6. The second kappa shape index (κ2) is 21.3. The molecular weight excluding hydrogens is 739 g/mol. The average Bonchev–Trinajstić information content (AvgIpc) is 3.14. The predicted octanol–water partition coefficient (Wildman–Crippen LogP) is 9.74. The molecule has 0 saturated heterocycles. The number of amides is 1. The summed E-state index contributed by atoms with van der Waals surface area (Å²) in [4.78, 5) is 26.4. The van der Waals surface area contributed by atoms with Crippen molar-refractivity contribution in [2.75, 3.05) is 13.7 Å². The molecule has 0 fully saturated rings. The van der Waals surface area contributed by atoms with E-state index in [2.05, 4.69) is 73.0 Å². The Morgan fingerprint density at radius 3 is 1.59 bits per heavy atom. The van der Waals surface area contributed by atoms with Gasteiger partial charge < -0.3 is 33.1 Å². The van der Waals surface area contributed by atoms with E-state index < -0.39 is 47.0 Å². The molecule has 0 aliphatic carbocycles. The van der Waals surface area contributed by atoms with E-state index in [0.717, 1.165) is 16.7 Å². The molecule has 0 heterocycles. The second-order valence-electron chi connectivity index (χ2n) is 17.4. The molecule has 308 valence electrons. The van der Waals surface area contributed by atoms with Gasteiger partial charge in [-0.25, -0.2) is 4.79 Å². The topological polar surface area (TPSA) is 102 Å². The summed E-state index contributed by atoms with van der Waals surface area (Å²) in [6, 6.07) is 29.3. The maximum atomic E-state index is 13.3. The minimum absolute atomic E-state index is 0.116. The second-order valence-corrected chi connectivity index (χ2v) is 26.9. The van der Waals surface area contributed by atoms with Gasteiger partial charge in [0, 0.05) is 6.92 Å². The van der Waals surface area contributed by atoms with Gasteiger partial charge in [0.15, 0.2) is 14.1 Å². The lowest BCUT2D eigenvalue weighted by Gasteiger charge is -2.45. The molecule has 11 heteroatoms. The number of methoxy groups -OCH3 is 1. The van der Waals surface area contributed by atoms with Gasteiger partial charge >= 0.3 is 5.97 Å². The Labute approximate surface area is 338 Å². The maximum absolute atomic E-state index is 13.3. The molecule has 0 spiro atoms. The van der Waals surface area contributed by atoms with Crippen LogP contribution in [0.3, 0.4) is 0 Å². The van der Waals surface area contributed by atoms with Crippen molar-refractivity contribution >= 4 is 28.5 Å². The van der Waals surface area contributed by atoms with Gasteiger partial charge in [-0.15, -0.1) is 0 Å². The molecule has 1 amide bonds. The Hall–Kier alpha value is -3.59. The maximum Gasteiger partial charge on any atom is 0.371 e. The van der Waals surface area contributed by atoms with E-state index in [-0.39, 0.29) is 41.4 Å². The van der Waals surface area contributed by atoms with Crippen LogP contribution in [0.25, 0.3) is 0 Å². The largest absolute Gasteiger partial charge is 0.539 e. The molecule has 3 aromatic carbocycles. The SMILES string of the molecule is COC(=O)/C(=C\C[C@@H](NC(C)=O)[C@@H](O[Si](C)(C)C(C)(C)C)[C@H](OCc1ccccc1)[C@@H](COCc1ccccc1)OCc1ccccc1)O[Si](C)(C)C(C)(C)C. The molecule has 0 aliphatic heterocycles. The summed E-state index contributed by atoms with van der Waals surface area (Å²) in [5.41, 5.74) is 3.00. The van der Waals surface area contributed by atoms with Crippen molar-refractivity contribution in [3.05, 3.63) is 120 Å². The Kier molecular flexibility index (Phi) is 17.8. The fraction of sp³-hybridized carbons (Fsp3) is 0.511. The first kappa shape index (κ1) is 46.8. The number of rotatable bonds is 21. The summed E-state index contributed by atoms with van der Waals surface area (Å²) in [6.45, 7) is 24.0. The standard InChI is InChI=1S/C45H67NO8Si2/c1-34(47)46-38(28-29-39(43(48)49-8)53-55(9,10)44(2,3)4)41(54-56(11,12)45(5,6)7)42(52-32-37-26-20-15-21-27-37)40(51-31-36-24-18-14-19-25-36)33-50-30-35-22-16-13-17-23-35/h13-27,29,38,40-42H,28,30-33H2,1-12H3,(H,46,47)/b39-29+/t38-,40-,41-,42-/m1/s1. The number of carbonyl (C=O) groups is 2. The highest BCUT2D eigenvalue weighted by molar-refractivity contribution is 6.74. The molecule has 56 heavy (non-hydrogen) atoms. The fourth-order valence-electron chi connectivity index (χ4n) is 5.42. The minimum atomic E-state index is -2.58. The number of carbonyl (C=O) groups excluding carboxylic acids is 2. The summed E-state index contributed by atoms with van der Waals surface area (Å²) in [5.74, 6) is -0.708. The van der Waals surface area contributed by atoms with E-state index in [1.54, 1.807) is 6.08 Å². The number of hydrogen-bond acceptors (Lipinski definition) is 8. The zero-order valence-corrected chi connectivity index (χ0v) is 37.8. The Balaban J connectivity index is 2.21. The number of ether oxygens (including phenoxy) is 4. The Bertz CT molecular complexity index is 1650. The molecule has 0 bridgehead atoms. The molecule has 0 unspecified atom stereocenters. The van der Waals surface area contributed by atoms with Crippen molar-refractivity contribution in [3.63, 3.8) is 0 Å². The van der Waals surface area contributed by atoms with Crippen LogP contribution in [0.5, 0.6) is 0 Å². The van der Waals surface area contributed by atoms with Crippen LogP contribution in [0.4, 0.5) is 0 Å². The molecule has 9 nitrogen and oxygen atoms in total. The third-order valence-corrected chi connectivity index (χ3v) is 19.6. The van der Waals surface area contributed by atoms with E-state index in [4.69, 9.17) is 27.8 Å². The van der Waals surface area contributed by atoms with E-state index in [9.17, 15) is 9.59 Å². The molecule has 4 atom stereocenters. The van der Waals surface area contributed by atoms with Crippen molar-refractivity contribution in [2.24, 2.45) is 0 Å². The highest BCUT2D eigenvalue weighted by Crippen LogP contribution is 2.40. The zero-order valence-electron chi connectivity index (χ0n) is 35.8. The summed E-state index contributed by atoms with van der Waals surface area (Å²) in [6.07, 6.45) is -0.195. The average molecular weight is 806 g/mol. The summed E-state index contributed by atoms with van der Waals surface area (Å²) in [7, 11) is -3.70. The normalized spacial score (nSPS) is 15.0. The van der Waals surface area contributed by atoms with Crippen LogP contribution in [0.2, 0.25) is 36.3 Å². The lowest BCUT2D eigenvalue weighted by Crippen LogP contribution is -2.59. The highest BCUT2D eigenvalue weighted by Gasteiger charge is 2.46. The third kappa shape index (κ3) is 14.7. The van der Waals surface area contributed by atoms with E-state index in [1.807, 2.05) is 91.0 Å². The molecule has 1 N–H and O–H groups in total. The van der Waals surface area contributed by atoms with Gasteiger partial charge in [0.05, 0.1) is 45.7 Å². The molecule has 3 rings (SSSR count).